The van der Waals surface area contributed by atoms with Crippen LogP contribution in [0.25, 0.3) is 10.9 Å². The summed E-state index contributed by atoms with van der Waals surface area (Å²) in [6.45, 7) is 1.49. The number of benzene rings is 1. The fourth-order valence-electron chi connectivity index (χ4n) is 3.55. The minimum absolute atomic E-state index is 0.0498. The van der Waals surface area contributed by atoms with Crippen LogP contribution in [0.15, 0.2) is 34.4 Å². The zero-order valence-electron chi connectivity index (χ0n) is 15.2. The van der Waals surface area contributed by atoms with Crippen LogP contribution in [-0.4, -0.2) is 41.3 Å². The molecular weight excluding hydrogens is 365 g/mol. The Bertz CT molecular complexity index is 1090. The number of pyridine rings is 1. The van der Waals surface area contributed by atoms with E-state index in [-0.39, 0.29) is 17.9 Å². The highest BCUT2D eigenvalue weighted by Gasteiger charge is 2.27. The second kappa shape index (κ2) is 6.90. The molecular formula is C20H20FN3O2S. The first kappa shape index (κ1) is 17.9. The summed E-state index contributed by atoms with van der Waals surface area (Å²) in [5.41, 5.74) is 2.82. The molecule has 0 saturated carbocycles. The number of nitrogens with one attached hydrogen (secondary N) is 1. The third-order valence-corrected chi connectivity index (χ3v) is 5.79. The smallest absolute Gasteiger partial charge is 0.264 e. The van der Waals surface area contributed by atoms with Gasteiger partial charge in [0.2, 0.25) is 0 Å². The molecule has 3 aromatic rings. The van der Waals surface area contributed by atoms with E-state index in [1.54, 1.807) is 11.0 Å². The van der Waals surface area contributed by atoms with Gasteiger partial charge in [-0.05, 0) is 49.3 Å². The van der Waals surface area contributed by atoms with E-state index < -0.39 is 5.82 Å². The van der Waals surface area contributed by atoms with Crippen LogP contribution in [0.3, 0.4) is 0 Å². The topological polar surface area (TPSA) is 56.4 Å². The van der Waals surface area contributed by atoms with Crippen molar-refractivity contribution in [1.29, 1.82) is 0 Å². The number of thiophene rings is 1. The van der Waals surface area contributed by atoms with Crippen LogP contribution < -0.4 is 5.43 Å². The molecule has 0 aliphatic carbocycles. The lowest BCUT2D eigenvalue weighted by molar-refractivity contribution is 0.0736. The fraction of sp³-hybridized carbons (Fsp3) is 0.300. The molecule has 27 heavy (non-hydrogen) atoms. The van der Waals surface area contributed by atoms with Crippen molar-refractivity contribution in [2.45, 2.75) is 19.5 Å². The molecule has 0 atom stereocenters. The van der Waals surface area contributed by atoms with Gasteiger partial charge in [0, 0.05) is 41.7 Å². The van der Waals surface area contributed by atoms with Gasteiger partial charge >= 0.3 is 0 Å². The molecule has 0 fully saturated rings. The molecule has 1 aliphatic heterocycles. The van der Waals surface area contributed by atoms with Crippen molar-refractivity contribution in [2.75, 3.05) is 20.6 Å². The highest BCUT2D eigenvalue weighted by atomic mass is 32.1. The van der Waals surface area contributed by atoms with Gasteiger partial charge < -0.3 is 14.8 Å². The summed E-state index contributed by atoms with van der Waals surface area (Å²) in [6, 6.07) is 6.15. The average Bonchev–Trinajstić information content (AvgIpc) is 3.09. The molecule has 0 spiro atoms. The lowest BCUT2D eigenvalue weighted by atomic mass is 10.0. The van der Waals surface area contributed by atoms with Gasteiger partial charge in [-0.25, -0.2) is 4.39 Å². The summed E-state index contributed by atoms with van der Waals surface area (Å²) < 4.78 is 13.6. The normalized spacial score (nSPS) is 14.0. The van der Waals surface area contributed by atoms with Crippen LogP contribution >= 0.6 is 11.3 Å². The van der Waals surface area contributed by atoms with Crippen molar-refractivity contribution >= 4 is 28.1 Å². The minimum atomic E-state index is -0.441. The number of rotatable bonds is 3. The number of aromatic amines is 1. The number of hydrogen-bond donors (Lipinski definition) is 1. The lowest BCUT2D eigenvalue weighted by Crippen LogP contribution is -2.39. The van der Waals surface area contributed by atoms with E-state index in [1.165, 1.54) is 23.5 Å². The van der Waals surface area contributed by atoms with Crippen molar-refractivity contribution in [3.63, 3.8) is 0 Å². The zero-order valence-corrected chi connectivity index (χ0v) is 16.0. The molecule has 140 valence electrons. The third-order valence-electron chi connectivity index (χ3n) is 4.85. The fourth-order valence-corrected chi connectivity index (χ4v) is 4.44. The van der Waals surface area contributed by atoms with Gasteiger partial charge in [0.25, 0.3) is 5.91 Å². The monoisotopic (exact) mass is 385 g/mol. The van der Waals surface area contributed by atoms with E-state index >= 15 is 0 Å². The maximum atomic E-state index is 13.6. The second-order valence-corrected chi connectivity index (χ2v) is 8.01. The standard InChI is InChI=1S/C20H20FN3O2S/c1-23(2)10-12-6-8-27-19(12)20(26)24-7-5-17-15(11-24)18(25)14-9-13(21)3-4-16(14)22-17/h3-4,6,8-9H,5,7,10-11H2,1-2H3,(H,22,25). The molecule has 5 nitrogen and oxygen atoms in total. The highest BCUT2D eigenvalue weighted by Crippen LogP contribution is 2.24. The summed E-state index contributed by atoms with van der Waals surface area (Å²) >= 11 is 1.43. The van der Waals surface area contributed by atoms with Crippen molar-refractivity contribution in [1.82, 2.24) is 14.8 Å². The Morgan fingerprint density at radius 1 is 1.33 bits per heavy atom. The van der Waals surface area contributed by atoms with E-state index in [2.05, 4.69) is 4.98 Å². The molecule has 1 N–H and O–H groups in total. The van der Waals surface area contributed by atoms with Gasteiger partial charge in [-0.2, -0.15) is 0 Å². The minimum Gasteiger partial charge on any atom is -0.358 e. The van der Waals surface area contributed by atoms with Crippen molar-refractivity contribution in [3.05, 3.63) is 67.4 Å². The van der Waals surface area contributed by atoms with Crippen molar-refractivity contribution in [3.8, 4) is 0 Å². The molecule has 2 aromatic heterocycles. The molecule has 0 unspecified atom stereocenters. The number of fused-ring (bicyclic) bond motifs is 2. The molecule has 1 aliphatic rings. The van der Waals surface area contributed by atoms with Gasteiger partial charge in [-0.3, -0.25) is 9.59 Å². The van der Waals surface area contributed by atoms with E-state index in [9.17, 15) is 14.0 Å². The molecule has 0 saturated heterocycles. The molecule has 0 radical (unpaired) electrons. The molecule has 0 bridgehead atoms. The number of H-pyrrole nitrogens is 1. The Morgan fingerprint density at radius 3 is 2.93 bits per heavy atom. The summed E-state index contributed by atoms with van der Waals surface area (Å²) in [5.74, 6) is -0.491. The summed E-state index contributed by atoms with van der Waals surface area (Å²) in [6.07, 6.45) is 0.581. The maximum Gasteiger partial charge on any atom is 0.264 e. The number of hydrogen-bond acceptors (Lipinski definition) is 4. The Hall–Kier alpha value is -2.51. The van der Waals surface area contributed by atoms with Crippen LogP contribution in [0.1, 0.15) is 26.5 Å². The van der Waals surface area contributed by atoms with Crippen molar-refractivity contribution < 1.29 is 9.18 Å². The number of amides is 1. The first-order valence-electron chi connectivity index (χ1n) is 8.77. The lowest BCUT2D eigenvalue weighted by Gasteiger charge is -2.28. The largest absolute Gasteiger partial charge is 0.358 e. The Balaban J connectivity index is 1.68. The third kappa shape index (κ3) is 3.28. The molecule has 1 amide bonds. The molecule has 3 heterocycles. The van der Waals surface area contributed by atoms with Gasteiger partial charge in [0.05, 0.1) is 11.4 Å². The van der Waals surface area contributed by atoms with E-state index in [0.29, 0.717) is 36.0 Å². The van der Waals surface area contributed by atoms with Gasteiger partial charge in [0.15, 0.2) is 5.43 Å². The Kier molecular flexibility index (Phi) is 4.57. The SMILES string of the molecule is CN(C)Cc1ccsc1C(=O)N1CCc2[nH]c3ccc(F)cc3c(=O)c2C1. The summed E-state index contributed by atoms with van der Waals surface area (Å²) in [7, 11) is 3.93. The second-order valence-electron chi connectivity index (χ2n) is 7.09. The summed E-state index contributed by atoms with van der Waals surface area (Å²) in [5, 5.41) is 2.25. The van der Waals surface area contributed by atoms with Gasteiger partial charge in [-0.15, -0.1) is 11.3 Å². The maximum absolute atomic E-state index is 13.6. The number of carbonyl (C=O) groups is 1. The van der Waals surface area contributed by atoms with Crippen LogP contribution in [-0.2, 0) is 19.5 Å². The Morgan fingerprint density at radius 2 is 2.15 bits per heavy atom. The number of nitrogens with zero attached hydrogens (tertiary/aromatic N) is 2. The van der Waals surface area contributed by atoms with Crippen LogP contribution in [0, 0.1) is 5.82 Å². The predicted octanol–water partition coefficient (Wildman–Crippen LogP) is 2.99. The highest BCUT2D eigenvalue weighted by molar-refractivity contribution is 7.12. The van der Waals surface area contributed by atoms with E-state index in [4.69, 9.17) is 0 Å². The number of carbonyl (C=O) groups excluding carboxylic acids is 1. The average molecular weight is 385 g/mol. The van der Waals surface area contributed by atoms with Gasteiger partial charge in [-0.1, -0.05) is 0 Å². The zero-order chi connectivity index (χ0) is 19.1. The first-order chi connectivity index (χ1) is 12.9. The molecule has 4 rings (SSSR count). The van der Waals surface area contributed by atoms with Gasteiger partial charge in [0.1, 0.15) is 5.82 Å². The van der Waals surface area contributed by atoms with Crippen LogP contribution in [0.2, 0.25) is 0 Å². The van der Waals surface area contributed by atoms with Crippen LogP contribution in [0.4, 0.5) is 4.39 Å². The predicted molar refractivity (Wildman–Crippen MR) is 105 cm³/mol. The number of aromatic nitrogens is 1. The Labute approximate surface area is 160 Å². The van der Waals surface area contributed by atoms with E-state index in [0.717, 1.165) is 16.1 Å². The molecule has 7 heteroatoms. The van der Waals surface area contributed by atoms with Crippen molar-refractivity contribution in [2.24, 2.45) is 0 Å². The quantitative estimate of drug-likeness (QED) is 0.754. The first-order valence-corrected chi connectivity index (χ1v) is 9.65. The number of halogens is 1. The summed E-state index contributed by atoms with van der Waals surface area (Å²) in [4.78, 5) is 33.6. The molecule has 1 aromatic carbocycles. The van der Waals surface area contributed by atoms with E-state index in [1.807, 2.05) is 30.4 Å². The van der Waals surface area contributed by atoms with Crippen LogP contribution in [0.5, 0.6) is 0 Å².